The normalized spacial score (nSPS) is 13.2. The predicted molar refractivity (Wildman–Crippen MR) is 166 cm³/mol. The highest BCUT2D eigenvalue weighted by molar-refractivity contribution is 5.95. The fraction of sp³-hybridized carbons (Fsp3) is 0.212. The molecule has 0 aliphatic carbocycles. The first-order valence-corrected chi connectivity index (χ1v) is 14.2. The molecular formula is C33H34N6O5. The summed E-state index contributed by atoms with van der Waals surface area (Å²) in [5.41, 5.74) is 15.9. The molecule has 0 bridgehead atoms. The Kier molecular flexibility index (Phi) is 9.36. The van der Waals surface area contributed by atoms with Gasteiger partial charge in [-0.25, -0.2) is 4.79 Å². The summed E-state index contributed by atoms with van der Waals surface area (Å²) in [6, 6.07) is 20.8. The minimum Gasteiger partial charge on any atom is -0.459 e. The molecule has 2 aromatic heterocycles. The Morgan fingerprint density at radius 2 is 1.25 bits per heavy atom. The van der Waals surface area contributed by atoms with E-state index in [0.29, 0.717) is 0 Å². The van der Waals surface area contributed by atoms with Crippen molar-refractivity contribution in [1.29, 1.82) is 0 Å². The second-order valence-electron chi connectivity index (χ2n) is 10.6. The topological polar surface area (TPSA) is 185 Å². The zero-order valence-electron chi connectivity index (χ0n) is 23.9. The zero-order chi connectivity index (χ0) is 31.1. The van der Waals surface area contributed by atoms with E-state index in [0.717, 1.165) is 38.5 Å². The Labute approximate surface area is 253 Å². The molecule has 0 aliphatic rings. The van der Waals surface area contributed by atoms with Gasteiger partial charge in [-0.15, -0.1) is 0 Å². The van der Waals surface area contributed by atoms with E-state index in [4.69, 9.17) is 16.2 Å². The lowest BCUT2D eigenvalue weighted by Gasteiger charge is -2.23. The third-order valence-electron chi connectivity index (χ3n) is 7.41. The molecule has 3 aromatic carbocycles. The van der Waals surface area contributed by atoms with E-state index in [2.05, 4.69) is 20.6 Å². The van der Waals surface area contributed by atoms with Crippen molar-refractivity contribution in [2.24, 2.45) is 11.5 Å². The molecule has 0 saturated heterocycles. The number of nitrogens with one attached hydrogen (secondary N) is 4. The number of ether oxygens (including phenoxy) is 1. The van der Waals surface area contributed by atoms with Gasteiger partial charge in [-0.3, -0.25) is 14.4 Å². The molecule has 11 nitrogen and oxygen atoms in total. The summed E-state index contributed by atoms with van der Waals surface area (Å²) in [5.74, 6) is -2.86. The Balaban J connectivity index is 1.33. The lowest BCUT2D eigenvalue weighted by molar-refractivity contribution is -0.150. The average molecular weight is 595 g/mol. The van der Waals surface area contributed by atoms with Crippen LogP contribution < -0.4 is 22.1 Å². The van der Waals surface area contributed by atoms with Gasteiger partial charge in [0.2, 0.25) is 17.7 Å². The van der Waals surface area contributed by atoms with E-state index < -0.39 is 48.2 Å². The number of hydrogen-bond acceptors (Lipinski definition) is 6. The molecule has 5 aromatic rings. The van der Waals surface area contributed by atoms with Crippen LogP contribution in [0.2, 0.25) is 0 Å². The maximum atomic E-state index is 13.7. The number of esters is 1. The van der Waals surface area contributed by atoms with Gasteiger partial charge in [0.15, 0.2) is 0 Å². The van der Waals surface area contributed by atoms with Crippen LogP contribution in [0.3, 0.4) is 0 Å². The van der Waals surface area contributed by atoms with Crippen molar-refractivity contribution in [3.8, 4) is 0 Å². The summed E-state index contributed by atoms with van der Waals surface area (Å²) >= 11 is 0. The number of carbonyl (C=O) groups excluding carboxylic acids is 4. The number of H-pyrrole nitrogens is 2. The molecule has 0 unspecified atom stereocenters. The number of para-hydroxylation sites is 2. The number of aromatic nitrogens is 2. The third-order valence-corrected chi connectivity index (χ3v) is 7.41. The molecule has 0 aliphatic heterocycles. The van der Waals surface area contributed by atoms with Crippen LogP contribution in [0.25, 0.3) is 21.8 Å². The van der Waals surface area contributed by atoms with Gasteiger partial charge in [0, 0.05) is 40.6 Å². The number of nitrogens with two attached hydrogens (primary N) is 2. The summed E-state index contributed by atoms with van der Waals surface area (Å²) in [6.45, 7) is -0.0526. The molecular weight excluding hydrogens is 560 g/mol. The fourth-order valence-corrected chi connectivity index (χ4v) is 5.13. The van der Waals surface area contributed by atoms with E-state index in [1.54, 1.807) is 30.5 Å². The number of carbonyl (C=O) groups is 4. The van der Waals surface area contributed by atoms with Crippen molar-refractivity contribution < 1.29 is 23.9 Å². The SMILES string of the molecule is NC(=O)C[C@H](NC(=O)[C@H](Cc1c[nH]c2ccccc12)NC(=O)[C@@H](N)Cc1c[nH]c2ccccc12)C(=O)OCc1ccccc1. The van der Waals surface area contributed by atoms with Crippen LogP contribution in [0, 0.1) is 0 Å². The average Bonchev–Trinajstić information content (AvgIpc) is 3.63. The van der Waals surface area contributed by atoms with E-state index in [-0.39, 0.29) is 19.4 Å². The summed E-state index contributed by atoms with van der Waals surface area (Å²) in [5, 5.41) is 7.17. The van der Waals surface area contributed by atoms with Crippen molar-refractivity contribution >= 4 is 45.5 Å². The third kappa shape index (κ3) is 7.31. The first-order valence-electron chi connectivity index (χ1n) is 14.2. The highest BCUT2D eigenvalue weighted by Crippen LogP contribution is 2.21. The van der Waals surface area contributed by atoms with E-state index in [9.17, 15) is 19.2 Å². The number of rotatable bonds is 13. The second-order valence-corrected chi connectivity index (χ2v) is 10.6. The van der Waals surface area contributed by atoms with Gasteiger partial charge in [0.25, 0.3) is 0 Å². The van der Waals surface area contributed by atoms with Crippen molar-refractivity contribution in [2.45, 2.75) is 44.0 Å². The summed E-state index contributed by atoms with van der Waals surface area (Å²) in [4.78, 5) is 58.2. The van der Waals surface area contributed by atoms with E-state index in [1.807, 2.05) is 60.8 Å². The number of amides is 3. The molecule has 0 saturated carbocycles. The van der Waals surface area contributed by atoms with Crippen molar-refractivity contribution in [3.05, 3.63) is 108 Å². The van der Waals surface area contributed by atoms with Gasteiger partial charge >= 0.3 is 5.97 Å². The molecule has 0 fully saturated rings. The van der Waals surface area contributed by atoms with Gasteiger partial charge in [0.05, 0.1) is 12.5 Å². The van der Waals surface area contributed by atoms with E-state index >= 15 is 0 Å². The monoisotopic (exact) mass is 594 g/mol. The fourth-order valence-electron chi connectivity index (χ4n) is 5.13. The van der Waals surface area contributed by atoms with E-state index in [1.165, 1.54) is 0 Å². The van der Waals surface area contributed by atoms with Crippen LogP contribution in [-0.2, 0) is 43.4 Å². The first kappa shape index (κ1) is 30.1. The highest BCUT2D eigenvalue weighted by Gasteiger charge is 2.31. The number of hydrogen-bond donors (Lipinski definition) is 6. The molecule has 2 heterocycles. The van der Waals surface area contributed by atoms with Gasteiger partial charge in [-0.05, 0) is 35.2 Å². The second kappa shape index (κ2) is 13.7. The standard InChI is InChI=1S/C33H34N6O5/c34-25(14-21-17-36-26-12-6-4-10-23(21)26)31(41)38-28(15-22-18-37-27-13-7-5-11-24(22)27)32(42)39-29(16-30(35)40)33(43)44-19-20-8-2-1-3-9-20/h1-13,17-18,25,28-29,36-37H,14-16,19,34H2,(H2,35,40)(H,38,41)(H,39,42)/t25-,28-,29-/m0/s1. The van der Waals surface area contributed by atoms with Crippen LogP contribution in [-0.4, -0.2) is 51.8 Å². The largest absolute Gasteiger partial charge is 0.459 e. The molecule has 3 atom stereocenters. The summed E-state index contributed by atoms with van der Waals surface area (Å²) < 4.78 is 5.37. The number of primary amides is 1. The minimum atomic E-state index is -1.36. The maximum absolute atomic E-state index is 13.7. The smallest absolute Gasteiger partial charge is 0.329 e. The molecule has 0 radical (unpaired) electrons. The van der Waals surface area contributed by atoms with Crippen LogP contribution >= 0.6 is 0 Å². The Bertz CT molecular complexity index is 1780. The van der Waals surface area contributed by atoms with Crippen LogP contribution in [0.1, 0.15) is 23.1 Å². The molecule has 11 heteroatoms. The van der Waals surface area contributed by atoms with Gasteiger partial charge in [-0.1, -0.05) is 66.7 Å². The lowest BCUT2D eigenvalue weighted by Crippen LogP contribution is -2.56. The quantitative estimate of drug-likeness (QED) is 0.114. The maximum Gasteiger partial charge on any atom is 0.329 e. The lowest BCUT2D eigenvalue weighted by atomic mass is 10.0. The van der Waals surface area contributed by atoms with Crippen molar-refractivity contribution in [3.63, 3.8) is 0 Å². The Hall–Kier alpha value is -5.42. The van der Waals surface area contributed by atoms with Gasteiger partial charge in [0.1, 0.15) is 18.7 Å². The number of fused-ring (bicyclic) bond motifs is 2. The van der Waals surface area contributed by atoms with Crippen LogP contribution in [0.15, 0.2) is 91.3 Å². The molecule has 44 heavy (non-hydrogen) atoms. The zero-order valence-corrected chi connectivity index (χ0v) is 23.9. The molecule has 8 N–H and O–H groups in total. The minimum absolute atomic E-state index is 0.0526. The highest BCUT2D eigenvalue weighted by atomic mass is 16.5. The summed E-state index contributed by atoms with van der Waals surface area (Å²) in [7, 11) is 0. The Morgan fingerprint density at radius 3 is 1.86 bits per heavy atom. The Morgan fingerprint density at radius 1 is 0.705 bits per heavy atom. The number of benzene rings is 3. The molecule has 5 rings (SSSR count). The predicted octanol–water partition coefficient (Wildman–Crippen LogP) is 2.35. The number of aromatic amines is 2. The van der Waals surface area contributed by atoms with Crippen molar-refractivity contribution in [2.75, 3.05) is 0 Å². The summed E-state index contributed by atoms with van der Waals surface area (Å²) in [6.07, 6.45) is 3.41. The van der Waals surface area contributed by atoms with Crippen LogP contribution in [0.4, 0.5) is 0 Å². The van der Waals surface area contributed by atoms with Gasteiger partial charge < -0.3 is 36.8 Å². The van der Waals surface area contributed by atoms with Crippen molar-refractivity contribution in [1.82, 2.24) is 20.6 Å². The molecule has 0 spiro atoms. The van der Waals surface area contributed by atoms with Crippen LogP contribution in [0.5, 0.6) is 0 Å². The molecule has 3 amide bonds. The molecule has 226 valence electrons. The first-order chi connectivity index (χ1) is 21.3. The van der Waals surface area contributed by atoms with Gasteiger partial charge in [-0.2, -0.15) is 0 Å².